The highest BCUT2D eigenvalue weighted by Crippen LogP contribution is 2.10. The van der Waals surface area contributed by atoms with Crippen molar-refractivity contribution in [3.05, 3.63) is 29.8 Å². The van der Waals surface area contributed by atoms with Gasteiger partial charge < -0.3 is 5.32 Å². The van der Waals surface area contributed by atoms with E-state index in [2.05, 4.69) is 19.2 Å². The lowest BCUT2D eigenvalue weighted by molar-refractivity contribution is 0.588. The molecule has 4 heteroatoms. The van der Waals surface area contributed by atoms with Gasteiger partial charge in [-0.05, 0) is 17.7 Å². The van der Waals surface area contributed by atoms with Gasteiger partial charge in [-0.2, -0.15) is 0 Å². The molecule has 15 heavy (non-hydrogen) atoms. The van der Waals surface area contributed by atoms with E-state index in [1.54, 1.807) is 12.1 Å². The molecule has 0 saturated carbocycles. The van der Waals surface area contributed by atoms with Crippen LogP contribution in [0.5, 0.6) is 0 Å². The predicted molar refractivity (Wildman–Crippen MR) is 63.5 cm³/mol. The zero-order valence-corrected chi connectivity index (χ0v) is 10.2. The Hall–Kier alpha value is -0.870. The first-order valence-electron chi connectivity index (χ1n) is 4.96. The smallest absolute Gasteiger partial charge is 0.0696 e. The van der Waals surface area contributed by atoms with Crippen LogP contribution in [0, 0.1) is 4.78 Å². The largest absolute Gasteiger partial charge is 0.310 e. The summed E-state index contributed by atoms with van der Waals surface area (Å²) in [6.45, 7) is 4.99. The van der Waals surface area contributed by atoms with E-state index in [0.717, 1.165) is 12.1 Å². The molecule has 0 aliphatic heterocycles. The van der Waals surface area contributed by atoms with Crippen molar-refractivity contribution >= 4 is 9.73 Å². The standard InChI is InChI=1S/C11H18N2OS/c1-9(2)13-8-10-4-6-11(7-5-10)15(3,12)14/h4-7,9,12-13H,8H2,1-3H3. The SMILES string of the molecule is CC(C)NCc1ccc(S(C)(=N)=O)cc1. The molecular formula is C11H18N2OS. The summed E-state index contributed by atoms with van der Waals surface area (Å²) < 4.78 is 18.8. The van der Waals surface area contributed by atoms with Crippen LogP contribution in [-0.4, -0.2) is 16.5 Å². The van der Waals surface area contributed by atoms with Gasteiger partial charge in [-0.1, -0.05) is 26.0 Å². The molecule has 0 spiro atoms. The summed E-state index contributed by atoms with van der Waals surface area (Å²) >= 11 is 0. The van der Waals surface area contributed by atoms with Gasteiger partial charge >= 0.3 is 0 Å². The Morgan fingerprint density at radius 2 is 1.87 bits per heavy atom. The van der Waals surface area contributed by atoms with E-state index in [1.165, 1.54) is 6.26 Å². The zero-order valence-electron chi connectivity index (χ0n) is 9.41. The lowest BCUT2D eigenvalue weighted by atomic mass is 10.2. The molecule has 0 aliphatic carbocycles. The van der Waals surface area contributed by atoms with Crippen molar-refractivity contribution in [1.29, 1.82) is 4.78 Å². The molecule has 0 aliphatic rings. The van der Waals surface area contributed by atoms with Crippen molar-refractivity contribution in [2.45, 2.75) is 31.3 Å². The number of hydrogen-bond donors (Lipinski definition) is 2. The quantitative estimate of drug-likeness (QED) is 0.827. The van der Waals surface area contributed by atoms with Crippen LogP contribution in [0.3, 0.4) is 0 Å². The van der Waals surface area contributed by atoms with Crippen LogP contribution in [0.15, 0.2) is 29.2 Å². The van der Waals surface area contributed by atoms with Gasteiger partial charge in [0.15, 0.2) is 0 Å². The Kier molecular flexibility index (Phi) is 3.88. The summed E-state index contributed by atoms with van der Waals surface area (Å²) in [6.07, 6.45) is 1.44. The lowest BCUT2D eigenvalue weighted by Gasteiger charge is -2.08. The third-order valence-electron chi connectivity index (χ3n) is 2.09. The summed E-state index contributed by atoms with van der Waals surface area (Å²) in [6, 6.07) is 7.83. The number of nitrogens with one attached hydrogen (secondary N) is 2. The van der Waals surface area contributed by atoms with E-state index < -0.39 is 9.73 Å². The Labute approximate surface area is 91.9 Å². The summed E-state index contributed by atoms with van der Waals surface area (Å²) in [5.74, 6) is 0. The summed E-state index contributed by atoms with van der Waals surface area (Å²) in [7, 11) is -2.57. The third-order valence-corrected chi connectivity index (χ3v) is 3.26. The predicted octanol–water partition coefficient (Wildman–Crippen LogP) is 2.22. The molecule has 1 aromatic rings. The lowest BCUT2D eigenvalue weighted by Crippen LogP contribution is -2.21. The average molecular weight is 226 g/mol. The first-order valence-corrected chi connectivity index (χ1v) is 6.92. The summed E-state index contributed by atoms with van der Waals surface area (Å²) in [5, 5.41) is 3.30. The molecule has 0 radical (unpaired) electrons. The Morgan fingerprint density at radius 3 is 2.27 bits per heavy atom. The van der Waals surface area contributed by atoms with E-state index in [4.69, 9.17) is 4.78 Å². The maximum atomic E-state index is 11.4. The number of benzene rings is 1. The molecule has 1 unspecified atom stereocenters. The molecule has 0 bridgehead atoms. The van der Waals surface area contributed by atoms with E-state index in [-0.39, 0.29) is 0 Å². The van der Waals surface area contributed by atoms with Crippen molar-refractivity contribution in [2.75, 3.05) is 6.26 Å². The third kappa shape index (κ3) is 4.01. The van der Waals surface area contributed by atoms with Gasteiger partial charge in [0.2, 0.25) is 0 Å². The van der Waals surface area contributed by atoms with Gasteiger partial charge in [0, 0.05) is 23.7 Å². The first kappa shape index (κ1) is 12.2. The Balaban J connectivity index is 2.73. The van der Waals surface area contributed by atoms with Crippen LogP contribution in [0.1, 0.15) is 19.4 Å². The van der Waals surface area contributed by atoms with Crippen molar-refractivity contribution < 1.29 is 4.21 Å². The van der Waals surface area contributed by atoms with Gasteiger partial charge in [0.1, 0.15) is 0 Å². The average Bonchev–Trinajstić information content (AvgIpc) is 2.14. The molecule has 1 rings (SSSR count). The van der Waals surface area contributed by atoms with Gasteiger partial charge in [-0.25, -0.2) is 8.99 Å². The molecule has 1 aromatic carbocycles. The molecule has 0 amide bonds. The molecule has 0 heterocycles. The second-order valence-corrected chi connectivity index (χ2v) is 6.18. The van der Waals surface area contributed by atoms with Crippen molar-refractivity contribution in [2.24, 2.45) is 0 Å². The fourth-order valence-electron chi connectivity index (χ4n) is 1.19. The zero-order chi connectivity index (χ0) is 11.5. The van der Waals surface area contributed by atoms with E-state index in [1.807, 2.05) is 12.1 Å². The minimum absolute atomic E-state index is 0.455. The summed E-state index contributed by atoms with van der Waals surface area (Å²) in [4.78, 5) is 0.593. The van der Waals surface area contributed by atoms with Crippen LogP contribution < -0.4 is 5.32 Å². The van der Waals surface area contributed by atoms with Gasteiger partial charge in [0.05, 0.1) is 9.73 Å². The van der Waals surface area contributed by atoms with Crippen molar-refractivity contribution in [3.63, 3.8) is 0 Å². The van der Waals surface area contributed by atoms with Gasteiger partial charge in [-0.3, -0.25) is 0 Å². The van der Waals surface area contributed by atoms with Crippen molar-refractivity contribution in [1.82, 2.24) is 5.32 Å². The topological polar surface area (TPSA) is 53.0 Å². The molecule has 3 nitrogen and oxygen atoms in total. The van der Waals surface area contributed by atoms with Crippen LogP contribution in [-0.2, 0) is 16.3 Å². The van der Waals surface area contributed by atoms with Crippen LogP contribution >= 0.6 is 0 Å². The van der Waals surface area contributed by atoms with Crippen molar-refractivity contribution in [3.8, 4) is 0 Å². The highest BCUT2D eigenvalue weighted by molar-refractivity contribution is 7.91. The maximum absolute atomic E-state index is 11.4. The minimum Gasteiger partial charge on any atom is -0.310 e. The molecule has 84 valence electrons. The Bertz CT molecular complexity index is 407. The van der Waals surface area contributed by atoms with Crippen LogP contribution in [0.2, 0.25) is 0 Å². The summed E-state index contributed by atoms with van der Waals surface area (Å²) in [5.41, 5.74) is 1.15. The molecule has 1 atom stereocenters. The van der Waals surface area contributed by atoms with Gasteiger partial charge in [0.25, 0.3) is 0 Å². The highest BCUT2D eigenvalue weighted by atomic mass is 32.2. The maximum Gasteiger partial charge on any atom is 0.0696 e. The molecule has 0 saturated heterocycles. The van der Waals surface area contributed by atoms with Crippen LogP contribution in [0.25, 0.3) is 0 Å². The Morgan fingerprint density at radius 1 is 1.33 bits per heavy atom. The van der Waals surface area contributed by atoms with E-state index in [0.29, 0.717) is 10.9 Å². The highest BCUT2D eigenvalue weighted by Gasteiger charge is 2.02. The fourth-order valence-corrected chi connectivity index (χ4v) is 1.84. The van der Waals surface area contributed by atoms with E-state index >= 15 is 0 Å². The fraction of sp³-hybridized carbons (Fsp3) is 0.455. The minimum atomic E-state index is -2.57. The monoisotopic (exact) mass is 226 g/mol. The molecular weight excluding hydrogens is 208 g/mol. The molecule has 2 N–H and O–H groups in total. The number of rotatable bonds is 4. The normalized spacial score (nSPS) is 15.2. The first-order chi connectivity index (χ1) is 6.89. The second kappa shape index (κ2) is 4.77. The molecule has 0 aromatic heterocycles. The van der Waals surface area contributed by atoms with Gasteiger partial charge in [-0.15, -0.1) is 0 Å². The number of hydrogen-bond acceptors (Lipinski definition) is 3. The molecule has 0 fully saturated rings. The van der Waals surface area contributed by atoms with E-state index in [9.17, 15) is 4.21 Å². The van der Waals surface area contributed by atoms with Crippen LogP contribution in [0.4, 0.5) is 0 Å². The second-order valence-electron chi connectivity index (χ2n) is 4.02.